The molecule has 1 aromatic heterocycles. The van der Waals surface area contributed by atoms with E-state index in [-0.39, 0.29) is 11.6 Å². The highest BCUT2D eigenvalue weighted by atomic mass is 16.6. The Labute approximate surface area is 130 Å². The Kier molecular flexibility index (Phi) is 6.42. The molecule has 1 rings (SSSR count). The molecule has 0 radical (unpaired) electrons. The van der Waals surface area contributed by atoms with E-state index in [1.54, 1.807) is 0 Å². The van der Waals surface area contributed by atoms with Crippen LogP contribution in [0.3, 0.4) is 0 Å². The van der Waals surface area contributed by atoms with Gasteiger partial charge in [-0.3, -0.25) is 0 Å². The van der Waals surface area contributed by atoms with Gasteiger partial charge in [-0.2, -0.15) is 0 Å². The summed E-state index contributed by atoms with van der Waals surface area (Å²) in [5, 5.41) is 14.7. The van der Waals surface area contributed by atoms with Crippen LogP contribution in [0.5, 0.6) is 0 Å². The summed E-state index contributed by atoms with van der Waals surface area (Å²) in [5.74, 6) is -0.449. The average Bonchev–Trinajstić information content (AvgIpc) is 2.81. The molecule has 1 heterocycles. The van der Waals surface area contributed by atoms with Crippen molar-refractivity contribution in [3.05, 3.63) is 23.7 Å². The minimum Gasteiger partial charge on any atom is -0.478 e. The molecule has 0 spiro atoms. The summed E-state index contributed by atoms with van der Waals surface area (Å²) < 4.78 is 10.3. The van der Waals surface area contributed by atoms with Crippen molar-refractivity contribution < 1.29 is 23.8 Å². The van der Waals surface area contributed by atoms with E-state index in [9.17, 15) is 9.59 Å². The molecule has 0 saturated heterocycles. The van der Waals surface area contributed by atoms with E-state index < -0.39 is 17.7 Å². The molecule has 0 aromatic carbocycles. The van der Waals surface area contributed by atoms with Crippen molar-refractivity contribution in [2.45, 2.75) is 52.3 Å². The van der Waals surface area contributed by atoms with E-state index in [1.807, 2.05) is 27.7 Å². The van der Waals surface area contributed by atoms with Crippen LogP contribution in [0.1, 0.15) is 50.2 Å². The monoisotopic (exact) mass is 312 g/mol. The highest BCUT2D eigenvalue weighted by Gasteiger charge is 2.17. The van der Waals surface area contributed by atoms with Crippen molar-refractivity contribution >= 4 is 12.1 Å². The summed E-state index contributed by atoms with van der Waals surface area (Å²) in [5.41, 5.74) is -0.375. The zero-order valence-electron chi connectivity index (χ0n) is 13.4. The highest BCUT2D eigenvalue weighted by molar-refractivity contribution is 5.87. The third-order valence-electron chi connectivity index (χ3n) is 2.72. The van der Waals surface area contributed by atoms with Crippen LogP contribution in [0.4, 0.5) is 4.79 Å². The summed E-state index contributed by atoms with van der Waals surface area (Å²) >= 11 is 0. The second kappa shape index (κ2) is 7.84. The molecule has 0 aliphatic carbocycles. The number of carboxylic acid groups (broad SMARTS) is 1. The van der Waals surface area contributed by atoms with Crippen molar-refractivity contribution in [1.29, 1.82) is 0 Å². The predicted molar refractivity (Wildman–Crippen MR) is 80.8 cm³/mol. The first-order chi connectivity index (χ1) is 10.2. The quantitative estimate of drug-likeness (QED) is 0.668. The van der Waals surface area contributed by atoms with Crippen LogP contribution in [0, 0.1) is 0 Å². The normalized spacial score (nSPS) is 12.7. The zero-order chi connectivity index (χ0) is 16.8. The number of carbonyl (C=O) groups is 2. The summed E-state index contributed by atoms with van der Waals surface area (Å²) in [6.45, 7) is 8.42. The molecule has 1 aromatic rings. The number of rotatable bonds is 7. The van der Waals surface area contributed by atoms with E-state index in [4.69, 9.17) is 14.3 Å². The molecule has 0 bridgehead atoms. The Morgan fingerprint density at radius 2 is 2.09 bits per heavy atom. The standard InChI is InChI=1S/C15H24N2O5/c1-10(17-14(20)22-15(2,3)4)5-6-16-8-12-7-11(9-21-12)13(18)19/h7,9-10,16H,5-6,8H2,1-4H3,(H,17,20)(H,18,19). The van der Waals surface area contributed by atoms with Gasteiger partial charge in [0, 0.05) is 6.04 Å². The Morgan fingerprint density at radius 3 is 2.64 bits per heavy atom. The van der Waals surface area contributed by atoms with Crippen molar-refractivity contribution in [3.8, 4) is 0 Å². The molecule has 1 atom stereocenters. The van der Waals surface area contributed by atoms with Gasteiger partial charge in [0.1, 0.15) is 17.6 Å². The van der Waals surface area contributed by atoms with Crippen LogP contribution in [-0.4, -0.2) is 35.4 Å². The maximum Gasteiger partial charge on any atom is 0.407 e. The van der Waals surface area contributed by atoms with E-state index in [0.29, 0.717) is 25.3 Å². The van der Waals surface area contributed by atoms with E-state index in [2.05, 4.69) is 10.6 Å². The lowest BCUT2D eigenvalue weighted by Gasteiger charge is -2.22. The molecule has 124 valence electrons. The van der Waals surface area contributed by atoms with Crippen LogP contribution in [-0.2, 0) is 11.3 Å². The van der Waals surface area contributed by atoms with E-state index in [1.165, 1.54) is 12.3 Å². The van der Waals surface area contributed by atoms with Crippen molar-refractivity contribution in [3.63, 3.8) is 0 Å². The molecule has 22 heavy (non-hydrogen) atoms. The molecule has 7 heteroatoms. The lowest BCUT2D eigenvalue weighted by molar-refractivity contribution is 0.0506. The van der Waals surface area contributed by atoms with Gasteiger partial charge in [-0.1, -0.05) is 0 Å². The van der Waals surface area contributed by atoms with Gasteiger partial charge in [0.2, 0.25) is 0 Å². The van der Waals surface area contributed by atoms with E-state index >= 15 is 0 Å². The van der Waals surface area contributed by atoms with Crippen LogP contribution < -0.4 is 10.6 Å². The Bertz CT molecular complexity index is 504. The second-order valence-corrected chi connectivity index (χ2v) is 6.12. The molecule has 7 nitrogen and oxygen atoms in total. The topological polar surface area (TPSA) is 101 Å². The Hall–Kier alpha value is -2.02. The maximum absolute atomic E-state index is 11.6. The first kappa shape index (κ1) is 18.0. The van der Waals surface area contributed by atoms with Gasteiger partial charge in [-0.05, 0) is 46.7 Å². The van der Waals surface area contributed by atoms with Crippen LogP contribution in [0.25, 0.3) is 0 Å². The fraction of sp³-hybridized carbons (Fsp3) is 0.600. The number of alkyl carbamates (subject to hydrolysis) is 1. The number of nitrogens with one attached hydrogen (secondary N) is 2. The second-order valence-electron chi connectivity index (χ2n) is 6.12. The fourth-order valence-corrected chi connectivity index (χ4v) is 1.70. The average molecular weight is 312 g/mol. The summed E-state index contributed by atoms with van der Waals surface area (Å²) in [4.78, 5) is 22.3. The van der Waals surface area contributed by atoms with Crippen LogP contribution in [0.2, 0.25) is 0 Å². The van der Waals surface area contributed by atoms with Gasteiger partial charge < -0.3 is 24.9 Å². The maximum atomic E-state index is 11.6. The van der Waals surface area contributed by atoms with Crippen molar-refractivity contribution in [2.75, 3.05) is 6.54 Å². The smallest absolute Gasteiger partial charge is 0.407 e. The van der Waals surface area contributed by atoms with Gasteiger partial charge in [0.05, 0.1) is 12.1 Å². The summed E-state index contributed by atoms with van der Waals surface area (Å²) in [6, 6.07) is 1.45. The molecule has 0 aliphatic heterocycles. The van der Waals surface area contributed by atoms with Crippen LogP contribution >= 0.6 is 0 Å². The van der Waals surface area contributed by atoms with Gasteiger partial charge >= 0.3 is 12.1 Å². The summed E-state index contributed by atoms with van der Waals surface area (Å²) in [6.07, 6.45) is 1.50. The molecule has 0 fully saturated rings. The number of amides is 1. The number of ether oxygens (including phenoxy) is 1. The van der Waals surface area contributed by atoms with Gasteiger partial charge in [0.15, 0.2) is 0 Å². The predicted octanol–water partition coefficient (Wildman–Crippen LogP) is 2.37. The minimum absolute atomic E-state index is 0.0338. The lowest BCUT2D eigenvalue weighted by Crippen LogP contribution is -2.38. The SMILES string of the molecule is CC(CCNCc1cc(C(=O)O)co1)NC(=O)OC(C)(C)C. The van der Waals surface area contributed by atoms with Gasteiger partial charge in [-0.15, -0.1) is 0 Å². The van der Waals surface area contributed by atoms with Gasteiger partial charge in [-0.25, -0.2) is 9.59 Å². The highest BCUT2D eigenvalue weighted by Crippen LogP contribution is 2.08. The molecule has 0 saturated carbocycles. The molecule has 1 amide bonds. The number of hydrogen-bond acceptors (Lipinski definition) is 5. The first-order valence-corrected chi connectivity index (χ1v) is 7.18. The molecule has 0 aliphatic rings. The molecule has 1 unspecified atom stereocenters. The molecule has 3 N–H and O–H groups in total. The van der Waals surface area contributed by atoms with Crippen LogP contribution in [0.15, 0.2) is 16.7 Å². The Balaban J connectivity index is 2.20. The number of hydrogen-bond donors (Lipinski definition) is 3. The lowest BCUT2D eigenvalue weighted by atomic mass is 10.2. The minimum atomic E-state index is -1.01. The van der Waals surface area contributed by atoms with E-state index in [0.717, 1.165) is 0 Å². The number of carboxylic acids is 1. The van der Waals surface area contributed by atoms with Crippen molar-refractivity contribution in [1.82, 2.24) is 10.6 Å². The van der Waals surface area contributed by atoms with Crippen molar-refractivity contribution in [2.24, 2.45) is 0 Å². The largest absolute Gasteiger partial charge is 0.478 e. The zero-order valence-corrected chi connectivity index (χ0v) is 13.4. The third kappa shape index (κ3) is 7.12. The Morgan fingerprint density at radius 1 is 1.41 bits per heavy atom. The first-order valence-electron chi connectivity index (χ1n) is 7.18. The fourth-order valence-electron chi connectivity index (χ4n) is 1.70. The number of aromatic carboxylic acids is 1. The number of carbonyl (C=O) groups excluding carboxylic acids is 1. The molecular formula is C15H24N2O5. The van der Waals surface area contributed by atoms with Gasteiger partial charge in [0.25, 0.3) is 0 Å². The third-order valence-corrected chi connectivity index (χ3v) is 2.72. The molecular weight excluding hydrogens is 288 g/mol. The number of furan rings is 1. The summed E-state index contributed by atoms with van der Waals surface area (Å²) in [7, 11) is 0.